The van der Waals surface area contributed by atoms with E-state index in [-0.39, 0.29) is 11.7 Å². The summed E-state index contributed by atoms with van der Waals surface area (Å²) in [5, 5.41) is 10.7. The Hall–Kier alpha value is -3.15. The third-order valence-electron chi connectivity index (χ3n) is 4.56. The van der Waals surface area contributed by atoms with Gasteiger partial charge in [0, 0.05) is 23.8 Å². The van der Waals surface area contributed by atoms with Crippen LogP contribution in [-0.2, 0) is 4.79 Å². The molecule has 0 bridgehead atoms. The van der Waals surface area contributed by atoms with Crippen molar-refractivity contribution in [3.8, 4) is 0 Å². The van der Waals surface area contributed by atoms with E-state index in [1.54, 1.807) is 18.3 Å². The molecule has 27 heavy (non-hydrogen) atoms. The summed E-state index contributed by atoms with van der Waals surface area (Å²) >= 11 is 0. The molecule has 0 fully saturated rings. The molecule has 0 radical (unpaired) electrons. The fourth-order valence-corrected chi connectivity index (χ4v) is 3.00. The number of aromatic amines is 1. The monoisotopic (exact) mass is 364 g/mol. The molecule has 1 amide bonds. The summed E-state index contributed by atoms with van der Waals surface area (Å²) in [4.78, 5) is 24.2. The summed E-state index contributed by atoms with van der Waals surface area (Å²) in [6.07, 6.45) is 6.19. The first kappa shape index (κ1) is 18.6. The number of hydrogen-bond acceptors (Lipinski definition) is 4. The van der Waals surface area contributed by atoms with Gasteiger partial charge < -0.3 is 11.1 Å². The Kier molecular flexibility index (Phi) is 6.20. The number of amides is 1. The van der Waals surface area contributed by atoms with E-state index < -0.39 is 0 Å². The van der Waals surface area contributed by atoms with Crippen molar-refractivity contribution in [2.45, 2.75) is 38.5 Å². The lowest BCUT2D eigenvalue weighted by Gasteiger charge is -2.07. The molecule has 6 heteroatoms. The molecule has 0 aliphatic rings. The van der Waals surface area contributed by atoms with Crippen LogP contribution in [0.5, 0.6) is 0 Å². The Balaban J connectivity index is 1.32. The largest absolute Gasteiger partial charge is 0.397 e. The standard InChI is InChI=1S/C21H24N4O2/c22-17-7-5-6-8-18(17)24-21(27)10-4-2-1-3-9-20(26)15-11-12-16-14-23-25-19(16)13-15/h5-8,11-14H,1-4,9-10,22H2,(H,23,25)(H,24,27). The van der Waals surface area contributed by atoms with E-state index in [1.165, 1.54) is 0 Å². The highest BCUT2D eigenvalue weighted by Gasteiger charge is 2.08. The number of para-hydroxylation sites is 2. The van der Waals surface area contributed by atoms with Crippen molar-refractivity contribution in [2.24, 2.45) is 0 Å². The Bertz CT molecular complexity index is 933. The van der Waals surface area contributed by atoms with Crippen LogP contribution in [-0.4, -0.2) is 21.9 Å². The topological polar surface area (TPSA) is 101 Å². The zero-order valence-corrected chi connectivity index (χ0v) is 15.2. The van der Waals surface area contributed by atoms with Crippen LogP contribution in [0.3, 0.4) is 0 Å². The van der Waals surface area contributed by atoms with Crippen LogP contribution in [0, 0.1) is 0 Å². The quantitative estimate of drug-likeness (QED) is 0.299. The minimum atomic E-state index is -0.0307. The molecule has 0 saturated heterocycles. The number of nitrogen functional groups attached to an aromatic ring is 1. The zero-order valence-electron chi connectivity index (χ0n) is 15.2. The number of rotatable bonds is 9. The second kappa shape index (κ2) is 8.98. The molecule has 140 valence electrons. The SMILES string of the molecule is Nc1ccccc1NC(=O)CCCCCCC(=O)c1ccc2cn[nH]c2c1. The molecule has 0 saturated carbocycles. The van der Waals surface area contributed by atoms with Gasteiger partial charge in [-0.05, 0) is 31.0 Å². The molecule has 0 unspecified atom stereocenters. The second-order valence-electron chi connectivity index (χ2n) is 6.64. The minimum absolute atomic E-state index is 0.0307. The van der Waals surface area contributed by atoms with Crippen LogP contribution < -0.4 is 11.1 Å². The molecule has 1 aromatic heterocycles. The number of anilines is 2. The lowest BCUT2D eigenvalue weighted by atomic mass is 10.0. The van der Waals surface area contributed by atoms with E-state index in [0.29, 0.717) is 29.8 Å². The van der Waals surface area contributed by atoms with Crippen molar-refractivity contribution in [3.63, 3.8) is 0 Å². The Labute approximate surface area is 158 Å². The molecular formula is C21H24N4O2. The number of Topliss-reactive ketones (excluding diaryl/α,β-unsaturated/α-hetero) is 1. The predicted molar refractivity (Wildman–Crippen MR) is 108 cm³/mol. The molecule has 0 aliphatic heterocycles. The normalized spacial score (nSPS) is 10.8. The number of unbranched alkanes of at least 4 members (excludes halogenated alkanes) is 3. The van der Waals surface area contributed by atoms with Gasteiger partial charge in [0.2, 0.25) is 5.91 Å². The number of hydrogen-bond donors (Lipinski definition) is 3. The highest BCUT2D eigenvalue weighted by molar-refractivity contribution is 5.99. The molecule has 0 atom stereocenters. The average Bonchev–Trinajstić information content (AvgIpc) is 3.14. The van der Waals surface area contributed by atoms with E-state index in [4.69, 9.17) is 5.73 Å². The van der Waals surface area contributed by atoms with E-state index in [9.17, 15) is 9.59 Å². The lowest BCUT2D eigenvalue weighted by molar-refractivity contribution is -0.116. The van der Waals surface area contributed by atoms with Gasteiger partial charge in [-0.3, -0.25) is 14.7 Å². The average molecular weight is 364 g/mol. The fourth-order valence-electron chi connectivity index (χ4n) is 3.00. The maximum atomic E-state index is 12.3. The molecule has 0 aliphatic carbocycles. The third kappa shape index (κ3) is 5.17. The Morgan fingerprint density at radius 3 is 2.59 bits per heavy atom. The summed E-state index contributed by atoms with van der Waals surface area (Å²) in [6.45, 7) is 0. The van der Waals surface area contributed by atoms with Crippen LogP contribution in [0.15, 0.2) is 48.7 Å². The van der Waals surface area contributed by atoms with Gasteiger partial charge in [-0.15, -0.1) is 0 Å². The van der Waals surface area contributed by atoms with Gasteiger partial charge >= 0.3 is 0 Å². The molecule has 3 aromatic rings. The smallest absolute Gasteiger partial charge is 0.224 e. The second-order valence-corrected chi connectivity index (χ2v) is 6.64. The van der Waals surface area contributed by atoms with E-state index in [1.807, 2.05) is 30.3 Å². The summed E-state index contributed by atoms with van der Waals surface area (Å²) in [7, 11) is 0. The molecular weight excluding hydrogens is 340 g/mol. The van der Waals surface area contributed by atoms with Gasteiger partial charge in [0.1, 0.15) is 0 Å². The van der Waals surface area contributed by atoms with Crippen LogP contribution in [0.1, 0.15) is 48.9 Å². The van der Waals surface area contributed by atoms with Crippen LogP contribution >= 0.6 is 0 Å². The Morgan fingerprint density at radius 1 is 1.00 bits per heavy atom. The highest BCUT2D eigenvalue weighted by atomic mass is 16.1. The van der Waals surface area contributed by atoms with Crippen molar-refractivity contribution >= 4 is 34.0 Å². The third-order valence-corrected chi connectivity index (χ3v) is 4.56. The molecule has 6 nitrogen and oxygen atoms in total. The summed E-state index contributed by atoms with van der Waals surface area (Å²) in [5.41, 5.74) is 8.63. The van der Waals surface area contributed by atoms with Crippen molar-refractivity contribution in [3.05, 3.63) is 54.2 Å². The summed E-state index contributed by atoms with van der Waals surface area (Å²) < 4.78 is 0. The van der Waals surface area contributed by atoms with Crippen molar-refractivity contribution in [2.75, 3.05) is 11.1 Å². The van der Waals surface area contributed by atoms with Crippen molar-refractivity contribution in [1.29, 1.82) is 0 Å². The number of ketones is 1. The molecule has 4 N–H and O–H groups in total. The number of fused-ring (bicyclic) bond motifs is 1. The molecule has 3 rings (SSSR count). The van der Waals surface area contributed by atoms with E-state index in [2.05, 4.69) is 15.5 Å². The van der Waals surface area contributed by atoms with Gasteiger partial charge in [0.15, 0.2) is 5.78 Å². The number of carbonyl (C=O) groups is 2. The van der Waals surface area contributed by atoms with Crippen LogP contribution in [0.4, 0.5) is 11.4 Å². The van der Waals surface area contributed by atoms with Crippen molar-refractivity contribution < 1.29 is 9.59 Å². The number of nitrogens with one attached hydrogen (secondary N) is 2. The maximum absolute atomic E-state index is 12.3. The first-order valence-electron chi connectivity index (χ1n) is 9.24. The molecule has 1 heterocycles. The summed E-state index contributed by atoms with van der Waals surface area (Å²) in [6, 6.07) is 12.8. The molecule has 2 aromatic carbocycles. The number of nitrogens with two attached hydrogens (primary N) is 1. The number of H-pyrrole nitrogens is 1. The predicted octanol–water partition coefficient (Wildman–Crippen LogP) is 4.31. The van der Waals surface area contributed by atoms with Crippen molar-refractivity contribution in [1.82, 2.24) is 10.2 Å². The Morgan fingerprint density at radius 2 is 1.78 bits per heavy atom. The minimum Gasteiger partial charge on any atom is -0.397 e. The summed E-state index contributed by atoms with van der Waals surface area (Å²) in [5.74, 6) is 0.112. The highest BCUT2D eigenvalue weighted by Crippen LogP contribution is 2.18. The maximum Gasteiger partial charge on any atom is 0.224 e. The van der Waals surface area contributed by atoms with E-state index in [0.717, 1.165) is 36.6 Å². The number of benzene rings is 2. The van der Waals surface area contributed by atoms with Gasteiger partial charge in [-0.2, -0.15) is 5.10 Å². The van der Waals surface area contributed by atoms with Gasteiger partial charge in [-0.1, -0.05) is 37.1 Å². The van der Waals surface area contributed by atoms with Crippen LogP contribution in [0.25, 0.3) is 10.9 Å². The molecule has 0 spiro atoms. The first-order valence-corrected chi connectivity index (χ1v) is 9.24. The number of carbonyl (C=O) groups excluding carboxylic acids is 2. The fraction of sp³-hybridized carbons (Fsp3) is 0.286. The van der Waals surface area contributed by atoms with Crippen LogP contribution in [0.2, 0.25) is 0 Å². The number of nitrogens with zero attached hydrogens (tertiary/aromatic N) is 1. The first-order chi connectivity index (χ1) is 13.1. The van der Waals surface area contributed by atoms with Gasteiger partial charge in [-0.25, -0.2) is 0 Å². The number of aromatic nitrogens is 2. The zero-order chi connectivity index (χ0) is 19.1. The van der Waals surface area contributed by atoms with Gasteiger partial charge in [0.05, 0.1) is 23.1 Å². The lowest BCUT2D eigenvalue weighted by Crippen LogP contribution is -2.12. The van der Waals surface area contributed by atoms with Gasteiger partial charge in [0.25, 0.3) is 0 Å². The van der Waals surface area contributed by atoms with E-state index >= 15 is 0 Å².